The Labute approximate surface area is 121 Å². The minimum atomic E-state index is -0.495. The van der Waals surface area contributed by atoms with Crippen molar-refractivity contribution in [2.24, 2.45) is 5.73 Å². The first-order chi connectivity index (χ1) is 9.23. The average Bonchev–Trinajstić information content (AvgIpc) is 2.33. The highest BCUT2D eigenvalue weighted by Gasteiger charge is 2.16. The van der Waals surface area contributed by atoms with Gasteiger partial charge in [-0.25, -0.2) is 4.79 Å². The molecule has 4 heteroatoms. The first kappa shape index (κ1) is 16.2. The van der Waals surface area contributed by atoms with E-state index in [-0.39, 0.29) is 0 Å². The first-order valence-electron chi connectivity index (χ1n) is 6.67. The smallest absolute Gasteiger partial charge is 0.407 e. The fourth-order valence-electron chi connectivity index (χ4n) is 1.74. The zero-order valence-electron chi connectivity index (χ0n) is 12.7. The van der Waals surface area contributed by atoms with Gasteiger partial charge in [0.2, 0.25) is 0 Å². The zero-order chi connectivity index (χ0) is 15.3. The molecule has 1 aromatic rings. The van der Waals surface area contributed by atoms with Crippen LogP contribution in [0.1, 0.15) is 44.4 Å². The van der Waals surface area contributed by atoms with Crippen LogP contribution < -0.4 is 11.1 Å². The molecule has 3 N–H and O–H groups in total. The third kappa shape index (κ3) is 5.05. The Morgan fingerprint density at radius 1 is 1.35 bits per heavy atom. The molecule has 0 aliphatic rings. The minimum absolute atomic E-state index is 0.401. The molecule has 0 saturated carbocycles. The number of ether oxygens (including phenoxy) is 1. The highest BCUT2D eigenvalue weighted by Crippen LogP contribution is 2.17. The largest absolute Gasteiger partial charge is 0.444 e. The first-order valence-corrected chi connectivity index (χ1v) is 6.67. The van der Waals surface area contributed by atoms with E-state index in [0.717, 1.165) is 22.3 Å². The van der Waals surface area contributed by atoms with Crippen LogP contribution in [0.25, 0.3) is 5.57 Å². The van der Waals surface area contributed by atoms with Gasteiger partial charge in [-0.3, -0.25) is 0 Å². The lowest BCUT2D eigenvalue weighted by Crippen LogP contribution is -2.32. The van der Waals surface area contributed by atoms with Crippen molar-refractivity contribution in [3.05, 3.63) is 41.5 Å². The number of carbonyl (C=O) groups is 1. The monoisotopic (exact) mass is 276 g/mol. The van der Waals surface area contributed by atoms with Crippen LogP contribution in [0, 0.1) is 0 Å². The molecule has 4 nitrogen and oxygen atoms in total. The van der Waals surface area contributed by atoms with Crippen molar-refractivity contribution in [2.75, 3.05) is 0 Å². The molecule has 0 aliphatic carbocycles. The Balaban J connectivity index is 2.73. The highest BCUT2D eigenvalue weighted by molar-refractivity contribution is 5.68. The summed E-state index contributed by atoms with van der Waals surface area (Å²) < 4.78 is 5.20. The van der Waals surface area contributed by atoms with Gasteiger partial charge in [-0.15, -0.1) is 0 Å². The molecular formula is C16H24N2O2. The molecule has 1 amide bonds. The van der Waals surface area contributed by atoms with Gasteiger partial charge in [0.15, 0.2) is 0 Å². The van der Waals surface area contributed by atoms with Crippen molar-refractivity contribution in [1.29, 1.82) is 0 Å². The lowest BCUT2D eigenvalue weighted by molar-refractivity contribution is 0.0523. The van der Waals surface area contributed by atoms with E-state index in [1.54, 1.807) is 0 Å². The van der Waals surface area contributed by atoms with E-state index in [9.17, 15) is 4.79 Å². The Morgan fingerprint density at radius 2 is 2.00 bits per heavy atom. The summed E-state index contributed by atoms with van der Waals surface area (Å²) in [5.74, 6) is 0. The number of nitrogens with one attached hydrogen (secondary N) is 1. The molecule has 0 radical (unpaired) electrons. The number of alkyl carbamates (subject to hydrolysis) is 1. The van der Waals surface area contributed by atoms with E-state index in [1.165, 1.54) is 0 Å². The van der Waals surface area contributed by atoms with E-state index in [0.29, 0.717) is 13.1 Å². The fourth-order valence-corrected chi connectivity index (χ4v) is 1.74. The second kappa shape index (κ2) is 6.57. The molecule has 1 rings (SSSR count). The SMILES string of the molecule is C=C(C)c1ccc(CNC(=O)OC(C)(C)C)c(CN)c1. The Hall–Kier alpha value is -1.81. The van der Waals surface area contributed by atoms with Gasteiger partial charge in [-0.1, -0.05) is 24.3 Å². The lowest BCUT2D eigenvalue weighted by atomic mass is 10.0. The van der Waals surface area contributed by atoms with Gasteiger partial charge in [-0.05, 0) is 50.5 Å². The van der Waals surface area contributed by atoms with Crippen molar-refractivity contribution in [3.63, 3.8) is 0 Å². The summed E-state index contributed by atoms with van der Waals surface area (Å²) in [6, 6.07) is 5.95. The van der Waals surface area contributed by atoms with Gasteiger partial charge in [0.1, 0.15) is 5.60 Å². The van der Waals surface area contributed by atoms with E-state index in [2.05, 4.69) is 11.9 Å². The number of amides is 1. The number of carbonyl (C=O) groups excluding carboxylic acids is 1. The van der Waals surface area contributed by atoms with Crippen LogP contribution in [0.3, 0.4) is 0 Å². The Morgan fingerprint density at radius 3 is 2.50 bits per heavy atom. The fraction of sp³-hybridized carbons (Fsp3) is 0.438. The van der Waals surface area contributed by atoms with Crippen LogP contribution in [0.15, 0.2) is 24.8 Å². The van der Waals surface area contributed by atoms with Gasteiger partial charge in [0.25, 0.3) is 0 Å². The zero-order valence-corrected chi connectivity index (χ0v) is 12.7. The molecule has 0 bridgehead atoms. The Bertz CT molecular complexity index is 502. The number of hydrogen-bond donors (Lipinski definition) is 2. The van der Waals surface area contributed by atoms with Crippen LogP contribution in [0.2, 0.25) is 0 Å². The molecule has 20 heavy (non-hydrogen) atoms. The summed E-state index contributed by atoms with van der Waals surface area (Å²) in [5.41, 5.74) is 9.30. The number of allylic oxidation sites excluding steroid dienone is 1. The van der Waals surface area contributed by atoms with E-state index in [1.807, 2.05) is 45.9 Å². The molecule has 0 aliphatic heterocycles. The molecule has 0 saturated heterocycles. The number of hydrogen-bond acceptors (Lipinski definition) is 3. The molecule has 0 atom stereocenters. The predicted molar refractivity (Wildman–Crippen MR) is 82.1 cm³/mol. The maximum atomic E-state index is 11.6. The molecule has 0 unspecified atom stereocenters. The molecule has 0 heterocycles. The second-order valence-corrected chi connectivity index (χ2v) is 5.82. The van der Waals surface area contributed by atoms with Crippen molar-refractivity contribution in [2.45, 2.75) is 46.4 Å². The maximum absolute atomic E-state index is 11.6. The minimum Gasteiger partial charge on any atom is -0.444 e. The van der Waals surface area contributed by atoms with Gasteiger partial charge < -0.3 is 15.8 Å². The third-order valence-electron chi connectivity index (χ3n) is 2.74. The van der Waals surface area contributed by atoms with Crippen LogP contribution in [0.5, 0.6) is 0 Å². The lowest BCUT2D eigenvalue weighted by Gasteiger charge is -2.20. The van der Waals surface area contributed by atoms with E-state index in [4.69, 9.17) is 10.5 Å². The number of nitrogens with two attached hydrogens (primary N) is 1. The second-order valence-electron chi connectivity index (χ2n) is 5.82. The highest BCUT2D eigenvalue weighted by atomic mass is 16.6. The summed E-state index contributed by atoms with van der Waals surface area (Å²) >= 11 is 0. The predicted octanol–water partition coefficient (Wildman–Crippen LogP) is 3.20. The van der Waals surface area contributed by atoms with Crippen molar-refractivity contribution >= 4 is 11.7 Å². The average molecular weight is 276 g/mol. The quantitative estimate of drug-likeness (QED) is 0.887. The maximum Gasteiger partial charge on any atom is 0.407 e. The summed E-state index contributed by atoms with van der Waals surface area (Å²) in [7, 11) is 0. The van der Waals surface area contributed by atoms with Crippen molar-refractivity contribution in [1.82, 2.24) is 5.32 Å². The third-order valence-corrected chi connectivity index (χ3v) is 2.74. The van der Waals surface area contributed by atoms with Gasteiger partial charge in [0.05, 0.1) is 0 Å². The summed E-state index contributed by atoms with van der Waals surface area (Å²) in [6.45, 7) is 12.2. The number of rotatable bonds is 4. The number of benzene rings is 1. The Kier molecular flexibility index (Phi) is 5.34. The normalized spacial score (nSPS) is 11.1. The van der Waals surface area contributed by atoms with Crippen LogP contribution in [-0.4, -0.2) is 11.7 Å². The van der Waals surface area contributed by atoms with Crippen LogP contribution in [-0.2, 0) is 17.8 Å². The van der Waals surface area contributed by atoms with E-state index >= 15 is 0 Å². The molecular weight excluding hydrogens is 252 g/mol. The molecule has 0 aromatic heterocycles. The summed E-state index contributed by atoms with van der Waals surface area (Å²) in [4.78, 5) is 11.6. The van der Waals surface area contributed by atoms with Gasteiger partial charge in [0, 0.05) is 13.1 Å². The van der Waals surface area contributed by atoms with Crippen molar-refractivity contribution in [3.8, 4) is 0 Å². The molecule has 0 spiro atoms. The van der Waals surface area contributed by atoms with Crippen LogP contribution >= 0.6 is 0 Å². The molecule has 1 aromatic carbocycles. The summed E-state index contributed by atoms with van der Waals surface area (Å²) in [5, 5.41) is 2.74. The van der Waals surface area contributed by atoms with E-state index < -0.39 is 11.7 Å². The van der Waals surface area contributed by atoms with Gasteiger partial charge in [-0.2, -0.15) is 0 Å². The topological polar surface area (TPSA) is 64.3 Å². The van der Waals surface area contributed by atoms with Crippen LogP contribution in [0.4, 0.5) is 4.79 Å². The van der Waals surface area contributed by atoms with Crippen molar-refractivity contribution < 1.29 is 9.53 Å². The molecule has 0 fully saturated rings. The van der Waals surface area contributed by atoms with Gasteiger partial charge >= 0.3 is 6.09 Å². The molecule has 110 valence electrons. The standard InChI is InChI=1S/C16H24N2O2/c1-11(2)12-6-7-13(14(8-12)9-17)10-18-15(19)20-16(3,4)5/h6-8H,1,9-10,17H2,2-5H3,(H,18,19). The summed E-state index contributed by atoms with van der Waals surface area (Å²) in [6.07, 6.45) is -0.426.